The number of hydrogen-bond donors (Lipinski definition) is 2. The highest BCUT2D eigenvalue weighted by Gasteiger charge is 2.52. The van der Waals surface area contributed by atoms with Gasteiger partial charge in [-0.05, 0) is 64.7 Å². The number of nitriles is 1. The minimum Gasteiger partial charge on any atom is -0.460 e. The molecule has 0 saturated heterocycles. The number of carbonyl (C=O) groups is 2. The summed E-state index contributed by atoms with van der Waals surface area (Å²) in [5.41, 5.74) is 1.62. The molecule has 0 amide bonds. The highest BCUT2D eigenvalue weighted by atomic mass is 16.6. The van der Waals surface area contributed by atoms with Gasteiger partial charge < -0.3 is 29.0 Å². The first kappa shape index (κ1) is 41.6. The molecule has 3 aromatic carbocycles. The SMILES string of the molecule is CC(C)(C)OC(=O)CC[C@H]1[C@@H](OCc2ccccc2)[C@@H](NCC(=O)OC(C)(C)C)[C@@H](OCc2ccccc2)[C@@H](NCCC#N)[C@H]1OCc1ccccc1. The van der Waals surface area contributed by atoms with Gasteiger partial charge in [0.25, 0.3) is 0 Å². The number of ether oxygens (including phenoxy) is 5. The van der Waals surface area contributed by atoms with Gasteiger partial charge in [0.15, 0.2) is 0 Å². The van der Waals surface area contributed by atoms with Gasteiger partial charge in [-0.2, -0.15) is 5.26 Å². The Morgan fingerprint density at radius 1 is 0.623 bits per heavy atom. The zero-order valence-corrected chi connectivity index (χ0v) is 32.1. The summed E-state index contributed by atoms with van der Waals surface area (Å²) in [6.45, 7) is 12.2. The number of esters is 2. The van der Waals surface area contributed by atoms with Crippen LogP contribution in [0.5, 0.6) is 0 Å². The van der Waals surface area contributed by atoms with E-state index in [2.05, 4.69) is 16.7 Å². The fraction of sp³-hybridized carbons (Fsp3) is 0.512. The van der Waals surface area contributed by atoms with Gasteiger partial charge in [-0.25, -0.2) is 0 Å². The summed E-state index contributed by atoms with van der Waals surface area (Å²) in [7, 11) is 0. The maximum absolute atomic E-state index is 13.3. The smallest absolute Gasteiger partial charge is 0.320 e. The van der Waals surface area contributed by atoms with Crippen molar-refractivity contribution in [3.63, 3.8) is 0 Å². The van der Waals surface area contributed by atoms with Crippen molar-refractivity contribution < 1.29 is 33.3 Å². The van der Waals surface area contributed by atoms with Gasteiger partial charge in [0, 0.05) is 25.3 Å². The van der Waals surface area contributed by atoms with Gasteiger partial charge in [-0.1, -0.05) is 91.0 Å². The van der Waals surface area contributed by atoms with Crippen LogP contribution in [0.1, 0.15) is 77.5 Å². The molecule has 1 aliphatic rings. The molecule has 0 radical (unpaired) electrons. The standard InChI is InChI=1S/C43H57N3O7/c1-42(2,3)52-35(47)24-23-34-39(49-28-31-17-10-7-11-18-31)37(45-26-16-25-44)41(51-30-33-21-14-9-15-22-33)38(46-27-36(48)53-43(4,5)6)40(34)50-29-32-19-12-8-13-20-32/h7-15,17-22,34,37-41,45-46H,16,23-24,26-30H2,1-6H3/t34-,37+,38-,39+,40-,41+/m1/s1. The zero-order valence-electron chi connectivity index (χ0n) is 32.1. The van der Waals surface area contributed by atoms with E-state index in [1.807, 2.05) is 133 Å². The van der Waals surface area contributed by atoms with Crippen molar-refractivity contribution in [3.05, 3.63) is 108 Å². The van der Waals surface area contributed by atoms with Gasteiger partial charge in [-0.15, -0.1) is 0 Å². The van der Waals surface area contributed by atoms with Crippen molar-refractivity contribution in [3.8, 4) is 6.07 Å². The molecular weight excluding hydrogens is 670 g/mol. The molecule has 0 aliphatic heterocycles. The van der Waals surface area contributed by atoms with Gasteiger partial charge >= 0.3 is 11.9 Å². The van der Waals surface area contributed by atoms with E-state index in [1.165, 1.54) is 0 Å². The summed E-state index contributed by atoms with van der Waals surface area (Å²) in [6.07, 6.45) is -0.957. The lowest BCUT2D eigenvalue weighted by Crippen LogP contribution is -2.70. The number of benzene rings is 3. The lowest BCUT2D eigenvalue weighted by molar-refractivity contribution is -0.183. The maximum Gasteiger partial charge on any atom is 0.320 e. The van der Waals surface area contributed by atoms with Crippen molar-refractivity contribution >= 4 is 11.9 Å². The van der Waals surface area contributed by atoms with E-state index in [0.29, 0.717) is 19.6 Å². The third-order valence-corrected chi connectivity index (χ3v) is 8.74. The quantitative estimate of drug-likeness (QED) is 0.108. The zero-order chi connectivity index (χ0) is 38.3. The van der Waals surface area contributed by atoms with Crippen LogP contribution >= 0.6 is 0 Å². The van der Waals surface area contributed by atoms with Crippen LogP contribution in [0.15, 0.2) is 91.0 Å². The second-order valence-corrected chi connectivity index (χ2v) is 15.5. The Balaban J connectivity index is 1.80. The number of carbonyl (C=O) groups excluding carboxylic acids is 2. The number of nitrogens with zero attached hydrogens (tertiary/aromatic N) is 1. The van der Waals surface area contributed by atoms with Crippen molar-refractivity contribution in [2.24, 2.45) is 5.92 Å². The Kier molecular flexibility index (Phi) is 16.0. The molecule has 1 fully saturated rings. The molecule has 0 aromatic heterocycles. The van der Waals surface area contributed by atoms with Crippen LogP contribution in [0.3, 0.4) is 0 Å². The summed E-state index contributed by atoms with van der Waals surface area (Å²) in [5, 5.41) is 16.6. The molecule has 0 spiro atoms. The average molecular weight is 728 g/mol. The fourth-order valence-electron chi connectivity index (χ4n) is 6.62. The Bertz CT molecular complexity index is 1480. The Morgan fingerprint density at radius 2 is 1.04 bits per heavy atom. The monoisotopic (exact) mass is 727 g/mol. The summed E-state index contributed by atoms with van der Waals surface area (Å²) in [6, 6.07) is 30.9. The lowest BCUT2D eigenvalue weighted by atomic mass is 9.73. The van der Waals surface area contributed by atoms with E-state index in [9.17, 15) is 14.9 Å². The number of nitrogens with one attached hydrogen (secondary N) is 2. The van der Waals surface area contributed by atoms with E-state index in [0.717, 1.165) is 16.7 Å². The molecule has 10 nitrogen and oxygen atoms in total. The molecule has 0 unspecified atom stereocenters. The average Bonchev–Trinajstić information content (AvgIpc) is 3.11. The summed E-state index contributed by atoms with van der Waals surface area (Å²) >= 11 is 0. The highest BCUT2D eigenvalue weighted by Crippen LogP contribution is 2.37. The van der Waals surface area contributed by atoms with Crippen LogP contribution < -0.4 is 10.6 Å². The largest absolute Gasteiger partial charge is 0.460 e. The Hall–Kier alpha value is -4.11. The molecule has 1 aliphatic carbocycles. The second kappa shape index (κ2) is 20.4. The van der Waals surface area contributed by atoms with Crippen molar-refractivity contribution in [2.45, 2.75) is 122 Å². The van der Waals surface area contributed by atoms with E-state index >= 15 is 0 Å². The topological polar surface area (TPSA) is 128 Å². The van der Waals surface area contributed by atoms with E-state index in [-0.39, 0.29) is 44.5 Å². The van der Waals surface area contributed by atoms with E-state index in [1.54, 1.807) is 0 Å². The van der Waals surface area contributed by atoms with Gasteiger partial charge in [-0.3, -0.25) is 14.9 Å². The predicted octanol–water partition coefficient (Wildman–Crippen LogP) is 6.67. The molecule has 1 saturated carbocycles. The van der Waals surface area contributed by atoms with Gasteiger partial charge in [0.1, 0.15) is 11.2 Å². The van der Waals surface area contributed by atoms with Crippen LogP contribution in [0.4, 0.5) is 0 Å². The minimum atomic E-state index is -0.675. The molecule has 10 heteroatoms. The predicted molar refractivity (Wildman–Crippen MR) is 203 cm³/mol. The summed E-state index contributed by atoms with van der Waals surface area (Å²) in [5.74, 6) is -1.11. The van der Waals surface area contributed by atoms with E-state index in [4.69, 9.17) is 23.7 Å². The molecule has 286 valence electrons. The molecule has 3 aromatic rings. The maximum atomic E-state index is 13.3. The number of hydrogen-bond acceptors (Lipinski definition) is 10. The highest BCUT2D eigenvalue weighted by molar-refractivity contribution is 5.72. The third-order valence-electron chi connectivity index (χ3n) is 8.74. The first-order valence-electron chi connectivity index (χ1n) is 18.6. The van der Waals surface area contributed by atoms with Crippen molar-refractivity contribution in [2.75, 3.05) is 13.1 Å². The molecule has 53 heavy (non-hydrogen) atoms. The Labute approximate surface area is 315 Å². The lowest BCUT2D eigenvalue weighted by Gasteiger charge is -2.51. The molecule has 0 bridgehead atoms. The normalized spacial score (nSPS) is 21.8. The molecule has 2 N–H and O–H groups in total. The molecule has 4 rings (SSSR count). The number of rotatable bonds is 18. The molecular formula is C43H57N3O7. The van der Waals surface area contributed by atoms with Crippen LogP contribution in [-0.4, -0.2) is 66.6 Å². The van der Waals surface area contributed by atoms with E-state index < -0.39 is 47.6 Å². The van der Waals surface area contributed by atoms with Crippen LogP contribution in [-0.2, 0) is 53.1 Å². The first-order chi connectivity index (χ1) is 25.3. The van der Waals surface area contributed by atoms with Gasteiger partial charge in [0.05, 0.1) is 62.8 Å². The minimum absolute atomic E-state index is 0.0996. The van der Waals surface area contributed by atoms with Crippen LogP contribution in [0, 0.1) is 17.2 Å². The fourth-order valence-corrected chi connectivity index (χ4v) is 6.62. The third kappa shape index (κ3) is 14.3. The first-order valence-corrected chi connectivity index (χ1v) is 18.6. The van der Waals surface area contributed by atoms with Gasteiger partial charge in [0.2, 0.25) is 0 Å². The van der Waals surface area contributed by atoms with Crippen LogP contribution in [0.2, 0.25) is 0 Å². The van der Waals surface area contributed by atoms with Crippen molar-refractivity contribution in [1.29, 1.82) is 5.26 Å². The summed E-state index contributed by atoms with van der Waals surface area (Å²) < 4.78 is 32.1. The Morgan fingerprint density at radius 3 is 1.47 bits per heavy atom. The molecule has 0 heterocycles. The summed E-state index contributed by atoms with van der Waals surface area (Å²) in [4.78, 5) is 26.5. The molecule has 6 atom stereocenters. The van der Waals surface area contributed by atoms with Crippen LogP contribution in [0.25, 0.3) is 0 Å². The second-order valence-electron chi connectivity index (χ2n) is 15.5. The van der Waals surface area contributed by atoms with Crippen molar-refractivity contribution in [1.82, 2.24) is 10.6 Å².